The molecule has 0 radical (unpaired) electrons. The van der Waals surface area contributed by atoms with E-state index in [1.165, 1.54) is 9.91 Å². The van der Waals surface area contributed by atoms with E-state index in [9.17, 15) is 9.59 Å². The van der Waals surface area contributed by atoms with Crippen molar-refractivity contribution in [2.24, 2.45) is 5.10 Å². The van der Waals surface area contributed by atoms with Gasteiger partial charge in [-0.1, -0.05) is 13.0 Å². The number of amides is 2. The largest absolute Gasteiger partial charge is 0.497 e. The van der Waals surface area contributed by atoms with Crippen LogP contribution in [0.3, 0.4) is 0 Å². The van der Waals surface area contributed by atoms with Crippen LogP contribution in [0.25, 0.3) is 0 Å². The Morgan fingerprint density at radius 2 is 1.88 bits per heavy atom. The molecule has 180 valence electrons. The van der Waals surface area contributed by atoms with Gasteiger partial charge >= 0.3 is 0 Å². The zero-order valence-corrected chi connectivity index (χ0v) is 19.7. The summed E-state index contributed by atoms with van der Waals surface area (Å²) in [6.45, 7) is 2.57. The van der Waals surface area contributed by atoms with Crippen molar-refractivity contribution < 1.29 is 28.5 Å². The van der Waals surface area contributed by atoms with Crippen molar-refractivity contribution in [3.63, 3.8) is 0 Å². The normalized spacial score (nSPS) is 16.4. The Labute approximate surface area is 198 Å². The Hall–Kier alpha value is -3.59. The third-order valence-electron chi connectivity index (χ3n) is 5.92. The summed E-state index contributed by atoms with van der Waals surface area (Å²) < 4.78 is 21.3. The van der Waals surface area contributed by atoms with Crippen LogP contribution in [0, 0.1) is 0 Å². The highest BCUT2D eigenvalue weighted by Crippen LogP contribution is 2.39. The number of rotatable bonds is 9. The molecule has 4 rings (SSSR count). The zero-order valence-electron chi connectivity index (χ0n) is 19.7. The molecule has 0 saturated carbocycles. The van der Waals surface area contributed by atoms with E-state index in [0.29, 0.717) is 37.5 Å². The summed E-state index contributed by atoms with van der Waals surface area (Å²) >= 11 is 0. The number of benzene rings is 2. The summed E-state index contributed by atoms with van der Waals surface area (Å²) in [6, 6.07) is 12.9. The average Bonchev–Trinajstić information content (AvgIpc) is 3.53. The number of hydrazone groups is 1. The second-order valence-electron chi connectivity index (χ2n) is 8.01. The van der Waals surface area contributed by atoms with Crippen LogP contribution in [0.4, 0.5) is 0 Å². The SMILES string of the molecule is CCC(=O)N(CCOC)CC(=O)N1N=C(c2ccc(OC)cc2)C[C@H]1c1ccc2c(c1)OCO2. The van der Waals surface area contributed by atoms with Gasteiger partial charge in [-0.3, -0.25) is 9.59 Å². The topological polar surface area (TPSA) is 89.9 Å². The van der Waals surface area contributed by atoms with E-state index in [2.05, 4.69) is 0 Å². The van der Waals surface area contributed by atoms with Gasteiger partial charge in [0.25, 0.3) is 5.91 Å². The maximum absolute atomic E-state index is 13.4. The fourth-order valence-electron chi connectivity index (χ4n) is 4.03. The molecule has 34 heavy (non-hydrogen) atoms. The number of carbonyl (C=O) groups is 2. The van der Waals surface area contributed by atoms with Crippen molar-refractivity contribution in [2.75, 3.05) is 40.7 Å². The number of fused-ring (bicyclic) bond motifs is 1. The van der Waals surface area contributed by atoms with Crippen molar-refractivity contribution in [2.45, 2.75) is 25.8 Å². The summed E-state index contributed by atoms with van der Waals surface area (Å²) in [5.41, 5.74) is 2.57. The minimum Gasteiger partial charge on any atom is -0.497 e. The maximum Gasteiger partial charge on any atom is 0.262 e. The van der Waals surface area contributed by atoms with Gasteiger partial charge in [-0.2, -0.15) is 5.10 Å². The number of hydrogen-bond acceptors (Lipinski definition) is 7. The van der Waals surface area contributed by atoms with Gasteiger partial charge in [-0.25, -0.2) is 5.01 Å². The van der Waals surface area contributed by atoms with Crippen LogP contribution in [0.15, 0.2) is 47.6 Å². The first-order valence-corrected chi connectivity index (χ1v) is 11.2. The molecule has 2 aliphatic rings. The van der Waals surface area contributed by atoms with Crippen LogP contribution in [0.5, 0.6) is 17.2 Å². The molecule has 0 spiro atoms. The lowest BCUT2D eigenvalue weighted by Crippen LogP contribution is -2.42. The van der Waals surface area contributed by atoms with Crippen molar-refractivity contribution in [3.8, 4) is 17.2 Å². The molecule has 0 N–H and O–H groups in total. The molecule has 0 unspecified atom stereocenters. The summed E-state index contributed by atoms with van der Waals surface area (Å²) in [4.78, 5) is 27.4. The summed E-state index contributed by atoms with van der Waals surface area (Å²) in [5.74, 6) is 1.70. The van der Waals surface area contributed by atoms with E-state index < -0.39 is 0 Å². The predicted molar refractivity (Wildman–Crippen MR) is 125 cm³/mol. The molecule has 2 aliphatic heterocycles. The van der Waals surface area contributed by atoms with Gasteiger partial charge in [-0.05, 0) is 47.5 Å². The third kappa shape index (κ3) is 4.99. The number of hydrogen-bond donors (Lipinski definition) is 0. The van der Waals surface area contributed by atoms with Gasteiger partial charge in [0, 0.05) is 26.5 Å². The fraction of sp³-hybridized carbons (Fsp3) is 0.400. The molecule has 2 aromatic rings. The first-order chi connectivity index (χ1) is 16.5. The average molecular weight is 468 g/mol. The van der Waals surface area contributed by atoms with Crippen molar-refractivity contribution in [3.05, 3.63) is 53.6 Å². The van der Waals surface area contributed by atoms with Crippen LogP contribution < -0.4 is 14.2 Å². The quantitative estimate of drug-likeness (QED) is 0.563. The second-order valence-corrected chi connectivity index (χ2v) is 8.01. The van der Waals surface area contributed by atoms with Crippen molar-refractivity contribution >= 4 is 17.5 Å². The van der Waals surface area contributed by atoms with Crippen molar-refractivity contribution in [1.82, 2.24) is 9.91 Å². The highest BCUT2D eigenvalue weighted by atomic mass is 16.7. The fourth-order valence-corrected chi connectivity index (χ4v) is 4.03. The highest BCUT2D eigenvalue weighted by Gasteiger charge is 2.35. The lowest BCUT2D eigenvalue weighted by molar-refractivity contribution is -0.141. The van der Waals surface area contributed by atoms with Gasteiger partial charge in [0.1, 0.15) is 12.3 Å². The minimum absolute atomic E-state index is 0.0729. The van der Waals surface area contributed by atoms with E-state index in [0.717, 1.165) is 22.6 Å². The van der Waals surface area contributed by atoms with E-state index in [1.54, 1.807) is 21.1 Å². The maximum atomic E-state index is 13.4. The monoisotopic (exact) mass is 467 g/mol. The Morgan fingerprint density at radius 3 is 2.59 bits per heavy atom. The standard InChI is InChI=1S/C25H29N3O6/c1-4-24(29)27(11-12-31-2)15-25(30)28-21(18-7-10-22-23(13-18)34-16-33-22)14-20(26-28)17-5-8-19(32-3)9-6-17/h5-10,13,21H,4,11-12,14-16H2,1-3H3/t21-/m0/s1. The first-order valence-electron chi connectivity index (χ1n) is 11.2. The molecule has 1 atom stereocenters. The molecule has 0 saturated heterocycles. The zero-order chi connectivity index (χ0) is 24.1. The van der Waals surface area contributed by atoms with Gasteiger partial charge in [0.05, 0.1) is 25.5 Å². The Bertz CT molecular complexity index is 1070. The molecule has 2 amide bonds. The highest BCUT2D eigenvalue weighted by molar-refractivity contribution is 6.03. The smallest absolute Gasteiger partial charge is 0.262 e. The molecule has 0 bridgehead atoms. The second kappa shape index (κ2) is 10.6. The van der Waals surface area contributed by atoms with E-state index in [4.69, 9.17) is 24.0 Å². The van der Waals surface area contributed by atoms with Gasteiger partial charge in [0.2, 0.25) is 12.7 Å². The van der Waals surface area contributed by atoms with Gasteiger partial charge in [-0.15, -0.1) is 0 Å². The number of carbonyl (C=O) groups excluding carboxylic acids is 2. The molecule has 2 aromatic carbocycles. The lowest BCUT2D eigenvalue weighted by atomic mass is 9.98. The van der Waals surface area contributed by atoms with Crippen LogP contribution >= 0.6 is 0 Å². The molecular formula is C25H29N3O6. The van der Waals surface area contributed by atoms with Crippen LogP contribution in [0.2, 0.25) is 0 Å². The van der Waals surface area contributed by atoms with E-state index in [-0.39, 0.29) is 31.2 Å². The first kappa shape index (κ1) is 23.6. The molecule has 0 aliphatic carbocycles. The Morgan fingerprint density at radius 1 is 1.12 bits per heavy atom. The van der Waals surface area contributed by atoms with Crippen LogP contribution in [-0.4, -0.2) is 68.1 Å². The summed E-state index contributed by atoms with van der Waals surface area (Å²) in [6.07, 6.45) is 0.834. The number of nitrogens with zero attached hydrogens (tertiary/aromatic N) is 3. The van der Waals surface area contributed by atoms with Gasteiger partial charge < -0.3 is 23.8 Å². The third-order valence-corrected chi connectivity index (χ3v) is 5.92. The molecule has 2 heterocycles. The minimum atomic E-state index is -0.333. The summed E-state index contributed by atoms with van der Waals surface area (Å²) in [5, 5.41) is 6.19. The Balaban J connectivity index is 1.62. The van der Waals surface area contributed by atoms with Gasteiger partial charge in [0.15, 0.2) is 11.5 Å². The van der Waals surface area contributed by atoms with E-state index >= 15 is 0 Å². The number of ether oxygens (including phenoxy) is 4. The summed E-state index contributed by atoms with van der Waals surface area (Å²) in [7, 11) is 3.18. The van der Waals surface area contributed by atoms with Crippen molar-refractivity contribution in [1.29, 1.82) is 0 Å². The molecular weight excluding hydrogens is 438 g/mol. The van der Waals surface area contributed by atoms with Crippen LogP contribution in [-0.2, 0) is 14.3 Å². The molecule has 9 heteroatoms. The lowest BCUT2D eigenvalue weighted by Gasteiger charge is -2.26. The van der Waals surface area contributed by atoms with E-state index in [1.807, 2.05) is 42.5 Å². The number of methoxy groups -OCH3 is 2. The van der Waals surface area contributed by atoms with Crippen LogP contribution in [0.1, 0.15) is 36.9 Å². The molecule has 0 aromatic heterocycles. The Kier molecular flexibility index (Phi) is 7.32. The molecule has 9 nitrogen and oxygen atoms in total. The predicted octanol–water partition coefficient (Wildman–Crippen LogP) is 2.99. The molecule has 0 fully saturated rings.